The average molecular weight is 283 g/mol. The topological polar surface area (TPSA) is 60.2 Å². The Labute approximate surface area is 117 Å². The first kappa shape index (κ1) is 16.2. The molecule has 0 spiro atoms. The smallest absolute Gasteiger partial charge is 0.225 e. The Morgan fingerprint density at radius 1 is 1.05 bits per heavy atom. The van der Waals surface area contributed by atoms with Crippen molar-refractivity contribution >= 4 is 10.0 Å². The Morgan fingerprint density at radius 3 is 2.32 bits per heavy atom. The fourth-order valence-electron chi connectivity index (χ4n) is 2.19. The molecule has 0 fully saturated rings. The van der Waals surface area contributed by atoms with E-state index in [1.54, 1.807) is 12.1 Å². The third kappa shape index (κ3) is 5.74. The van der Waals surface area contributed by atoms with Crippen molar-refractivity contribution in [3.63, 3.8) is 0 Å². The van der Waals surface area contributed by atoms with Crippen LogP contribution < -0.4 is 5.14 Å². The van der Waals surface area contributed by atoms with Crippen molar-refractivity contribution in [3.05, 3.63) is 29.3 Å². The Hall–Kier alpha value is -0.870. The minimum atomic E-state index is -3.58. The number of hydrogen-bond donors (Lipinski definition) is 1. The zero-order chi connectivity index (χ0) is 14.3. The van der Waals surface area contributed by atoms with Crippen LogP contribution in [-0.2, 0) is 16.4 Å². The maximum Gasteiger partial charge on any atom is 0.238 e. The van der Waals surface area contributed by atoms with E-state index < -0.39 is 10.0 Å². The monoisotopic (exact) mass is 283 g/mol. The molecule has 0 saturated heterocycles. The predicted octanol–water partition coefficient (Wildman–Crippen LogP) is 3.55. The summed E-state index contributed by atoms with van der Waals surface area (Å²) in [6, 6.07) is 5.14. The molecule has 0 heterocycles. The van der Waals surface area contributed by atoms with Gasteiger partial charge in [0.25, 0.3) is 0 Å². The van der Waals surface area contributed by atoms with Gasteiger partial charge in [0.2, 0.25) is 10.0 Å². The van der Waals surface area contributed by atoms with Crippen LogP contribution in [0, 0.1) is 6.92 Å². The van der Waals surface area contributed by atoms with E-state index in [-0.39, 0.29) is 4.90 Å². The van der Waals surface area contributed by atoms with Gasteiger partial charge in [0.1, 0.15) is 0 Å². The van der Waals surface area contributed by atoms with Gasteiger partial charge in [-0.25, -0.2) is 13.6 Å². The number of sulfonamides is 1. The summed E-state index contributed by atoms with van der Waals surface area (Å²) in [5, 5.41) is 5.16. The molecule has 19 heavy (non-hydrogen) atoms. The number of nitrogens with two attached hydrogens (primary N) is 1. The van der Waals surface area contributed by atoms with E-state index in [4.69, 9.17) is 5.14 Å². The van der Waals surface area contributed by atoms with Crippen LogP contribution in [-0.4, -0.2) is 8.42 Å². The second kappa shape index (κ2) is 7.65. The van der Waals surface area contributed by atoms with Gasteiger partial charge in [-0.1, -0.05) is 45.1 Å². The highest BCUT2D eigenvalue weighted by molar-refractivity contribution is 7.89. The minimum absolute atomic E-state index is 0.221. The standard InChI is InChI=1S/C15H25NO2S/c1-3-4-5-6-7-8-9-14-12-15(19(16,17)18)11-10-13(14)2/h10-12H,3-9H2,1-2H3,(H2,16,17,18). The maximum atomic E-state index is 11.3. The van der Waals surface area contributed by atoms with Crippen molar-refractivity contribution in [2.75, 3.05) is 0 Å². The summed E-state index contributed by atoms with van der Waals surface area (Å²) in [7, 11) is -3.58. The Bertz CT molecular complexity index is 495. The van der Waals surface area contributed by atoms with E-state index in [9.17, 15) is 8.42 Å². The first-order valence-corrected chi connectivity index (χ1v) is 8.62. The zero-order valence-corrected chi connectivity index (χ0v) is 12.8. The van der Waals surface area contributed by atoms with Crippen molar-refractivity contribution < 1.29 is 8.42 Å². The molecule has 0 radical (unpaired) electrons. The highest BCUT2D eigenvalue weighted by Gasteiger charge is 2.09. The number of unbranched alkanes of at least 4 members (excludes halogenated alkanes) is 5. The van der Waals surface area contributed by atoms with Gasteiger partial charge < -0.3 is 0 Å². The summed E-state index contributed by atoms with van der Waals surface area (Å²) >= 11 is 0. The molecule has 0 atom stereocenters. The van der Waals surface area contributed by atoms with E-state index in [0.29, 0.717) is 0 Å². The number of hydrogen-bond acceptors (Lipinski definition) is 2. The molecule has 3 nitrogen and oxygen atoms in total. The SMILES string of the molecule is CCCCCCCCc1cc(S(N)(=O)=O)ccc1C. The molecular weight excluding hydrogens is 258 g/mol. The van der Waals surface area contributed by atoms with Gasteiger partial charge in [0, 0.05) is 0 Å². The highest BCUT2D eigenvalue weighted by atomic mass is 32.2. The fraction of sp³-hybridized carbons (Fsp3) is 0.600. The number of primary sulfonamides is 1. The molecule has 0 saturated carbocycles. The Morgan fingerprint density at radius 2 is 1.68 bits per heavy atom. The molecule has 4 heteroatoms. The van der Waals surface area contributed by atoms with Crippen LogP contribution in [0.3, 0.4) is 0 Å². The molecule has 0 aromatic heterocycles. The van der Waals surface area contributed by atoms with Crippen LogP contribution in [0.1, 0.15) is 56.6 Å². The highest BCUT2D eigenvalue weighted by Crippen LogP contribution is 2.17. The van der Waals surface area contributed by atoms with Crippen LogP contribution >= 0.6 is 0 Å². The van der Waals surface area contributed by atoms with Crippen molar-refractivity contribution in [2.45, 2.75) is 63.7 Å². The summed E-state index contributed by atoms with van der Waals surface area (Å²) in [6.45, 7) is 4.22. The van der Waals surface area contributed by atoms with E-state index in [1.165, 1.54) is 32.1 Å². The van der Waals surface area contributed by atoms with Gasteiger partial charge in [-0.3, -0.25) is 0 Å². The fourth-order valence-corrected chi connectivity index (χ4v) is 2.75. The lowest BCUT2D eigenvalue weighted by Crippen LogP contribution is -2.12. The van der Waals surface area contributed by atoms with E-state index >= 15 is 0 Å². The van der Waals surface area contributed by atoms with Gasteiger partial charge in [-0.2, -0.15) is 0 Å². The quantitative estimate of drug-likeness (QED) is 0.742. The lowest BCUT2D eigenvalue weighted by atomic mass is 10.0. The molecule has 1 aromatic carbocycles. The summed E-state index contributed by atoms with van der Waals surface area (Å²) in [5.41, 5.74) is 2.24. The summed E-state index contributed by atoms with van der Waals surface area (Å²) in [5.74, 6) is 0. The van der Waals surface area contributed by atoms with Crippen LogP contribution in [0.2, 0.25) is 0 Å². The molecule has 1 aromatic rings. The molecule has 0 bridgehead atoms. The zero-order valence-electron chi connectivity index (χ0n) is 12.0. The second-order valence-electron chi connectivity index (χ2n) is 5.15. The van der Waals surface area contributed by atoms with Crippen LogP contribution in [0.4, 0.5) is 0 Å². The second-order valence-corrected chi connectivity index (χ2v) is 6.71. The normalized spacial score (nSPS) is 11.7. The van der Waals surface area contributed by atoms with E-state index in [2.05, 4.69) is 6.92 Å². The largest absolute Gasteiger partial charge is 0.238 e. The number of benzene rings is 1. The Balaban J connectivity index is 2.53. The molecule has 108 valence electrons. The summed E-state index contributed by atoms with van der Waals surface area (Å²) in [6.07, 6.45) is 8.38. The van der Waals surface area contributed by atoms with Gasteiger partial charge in [-0.05, 0) is 43.0 Å². The molecule has 1 rings (SSSR count). The van der Waals surface area contributed by atoms with Gasteiger partial charge in [0.05, 0.1) is 4.90 Å². The van der Waals surface area contributed by atoms with Crippen molar-refractivity contribution in [3.8, 4) is 0 Å². The molecule has 0 amide bonds. The van der Waals surface area contributed by atoms with Crippen LogP contribution in [0.5, 0.6) is 0 Å². The first-order chi connectivity index (χ1) is 8.95. The van der Waals surface area contributed by atoms with Gasteiger partial charge >= 0.3 is 0 Å². The molecular formula is C15H25NO2S. The van der Waals surface area contributed by atoms with Crippen molar-refractivity contribution in [1.29, 1.82) is 0 Å². The van der Waals surface area contributed by atoms with E-state index in [0.717, 1.165) is 24.0 Å². The van der Waals surface area contributed by atoms with Gasteiger partial charge in [-0.15, -0.1) is 0 Å². The summed E-state index contributed by atoms with van der Waals surface area (Å²) < 4.78 is 22.6. The first-order valence-electron chi connectivity index (χ1n) is 7.07. The minimum Gasteiger partial charge on any atom is -0.225 e. The molecule has 2 N–H and O–H groups in total. The lowest BCUT2D eigenvalue weighted by Gasteiger charge is -2.08. The van der Waals surface area contributed by atoms with Crippen LogP contribution in [0.25, 0.3) is 0 Å². The molecule has 0 aliphatic carbocycles. The predicted molar refractivity (Wildman–Crippen MR) is 79.6 cm³/mol. The van der Waals surface area contributed by atoms with Crippen LogP contribution in [0.15, 0.2) is 23.1 Å². The third-order valence-electron chi connectivity index (χ3n) is 3.45. The maximum absolute atomic E-state index is 11.3. The Kier molecular flexibility index (Phi) is 6.52. The third-order valence-corrected chi connectivity index (χ3v) is 4.36. The van der Waals surface area contributed by atoms with Crippen molar-refractivity contribution in [1.82, 2.24) is 0 Å². The van der Waals surface area contributed by atoms with Gasteiger partial charge in [0.15, 0.2) is 0 Å². The number of aryl methyl sites for hydroxylation is 2. The lowest BCUT2D eigenvalue weighted by molar-refractivity contribution is 0.596. The molecule has 0 aliphatic heterocycles. The van der Waals surface area contributed by atoms with Crippen molar-refractivity contribution in [2.24, 2.45) is 5.14 Å². The summed E-state index contributed by atoms with van der Waals surface area (Å²) in [4.78, 5) is 0.221. The average Bonchev–Trinajstić information content (AvgIpc) is 2.34. The molecule has 0 unspecified atom stereocenters. The molecule has 0 aliphatic rings. The number of rotatable bonds is 8. The van der Waals surface area contributed by atoms with E-state index in [1.807, 2.05) is 13.0 Å².